The molecule has 6 heterocycles. The highest BCUT2D eigenvalue weighted by Gasteiger charge is 2.38. The van der Waals surface area contributed by atoms with Crippen LogP contribution in [0.3, 0.4) is 0 Å². The third-order valence-corrected chi connectivity index (χ3v) is 12.9. The molecule has 58 heavy (non-hydrogen) atoms. The van der Waals surface area contributed by atoms with E-state index in [9.17, 15) is 14.0 Å². The topological polar surface area (TPSA) is 127 Å². The molecule has 3 saturated heterocycles. The Morgan fingerprint density at radius 3 is 2.69 bits per heavy atom. The second-order valence-corrected chi connectivity index (χ2v) is 17.6. The molecule has 0 aliphatic carbocycles. The van der Waals surface area contributed by atoms with Crippen molar-refractivity contribution >= 4 is 34.6 Å². The van der Waals surface area contributed by atoms with Crippen LogP contribution in [0.15, 0.2) is 47.1 Å². The number of hydrazine groups is 1. The number of hydrogen-bond donors (Lipinski definition) is 2. The van der Waals surface area contributed by atoms with E-state index in [1.54, 1.807) is 13.2 Å². The van der Waals surface area contributed by atoms with Gasteiger partial charge in [-0.05, 0) is 92.0 Å². The summed E-state index contributed by atoms with van der Waals surface area (Å²) in [5, 5.41) is 2.55. The van der Waals surface area contributed by atoms with E-state index in [0.717, 1.165) is 96.9 Å². The summed E-state index contributed by atoms with van der Waals surface area (Å²) in [4.78, 5) is 37.6. The number of fused-ring (bicyclic) bond motifs is 7. The minimum absolute atomic E-state index is 0.105. The summed E-state index contributed by atoms with van der Waals surface area (Å²) in [7, 11) is 1.74. The zero-order valence-corrected chi connectivity index (χ0v) is 34.8. The smallest absolute Gasteiger partial charge is 0.324 e. The van der Waals surface area contributed by atoms with Gasteiger partial charge in [0.15, 0.2) is 0 Å². The van der Waals surface area contributed by atoms with E-state index in [4.69, 9.17) is 24.9 Å². The summed E-state index contributed by atoms with van der Waals surface area (Å²) < 4.78 is 34.9. The number of aryl methyl sites for hydroxylation is 1. The van der Waals surface area contributed by atoms with E-state index in [1.165, 1.54) is 10.6 Å². The van der Waals surface area contributed by atoms with Crippen LogP contribution in [0, 0.1) is 5.41 Å². The van der Waals surface area contributed by atoms with Gasteiger partial charge in [0.2, 0.25) is 0 Å². The van der Waals surface area contributed by atoms with Gasteiger partial charge >= 0.3 is 5.97 Å². The molecule has 5 aliphatic heterocycles. The van der Waals surface area contributed by atoms with E-state index < -0.39 is 24.2 Å². The van der Waals surface area contributed by atoms with Gasteiger partial charge in [-0.15, -0.1) is 0 Å². The Bertz CT molecular complexity index is 2100. The number of nitrogens with two attached hydrogens (primary N) is 1. The number of methoxy groups -OCH3 is 1. The molecule has 12 nitrogen and oxygen atoms in total. The lowest BCUT2D eigenvalue weighted by molar-refractivity contribution is -0.154. The Labute approximate surface area is 341 Å². The van der Waals surface area contributed by atoms with Crippen LogP contribution >= 0.6 is 0 Å². The molecule has 3 N–H and O–H groups in total. The van der Waals surface area contributed by atoms with Crippen LogP contribution in [-0.4, -0.2) is 127 Å². The highest BCUT2D eigenvalue weighted by Crippen LogP contribution is 2.42. The number of nitrogens with zero attached hydrogens (tertiary/aromatic N) is 5. The first-order valence-corrected chi connectivity index (χ1v) is 21.2. The number of morpholine rings is 1. The van der Waals surface area contributed by atoms with E-state index >= 15 is 0 Å². The maximum absolute atomic E-state index is 14.5. The number of rotatable bonds is 6. The number of cyclic esters (lactones) is 1. The predicted octanol–water partition coefficient (Wildman–Crippen LogP) is 4.89. The van der Waals surface area contributed by atoms with Gasteiger partial charge in [-0.25, -0.2) is 9.82 Å². The second kappa shape index (κ2) is 16.9. The average Bonchev–Trinajstić information content (AvgIpc) is 3.55. The molecule has 3 fully saturated rings. The molecule has 2 aromatic carbocycles. The maximum atomic E-state index is 14.5. The quantitative estimate of drug-likeness (QED) is 0.336. The Balaban J connectivity index is 1.27. The monoisotopic (exact) mass is 797 g/mol. The minimum atomic E-state index is -0.878. The fourth-order valence-electron chi connectivity index (χ4n) is 9.72. The zero-order valence-electron chi connectivity index (χ0n) is 34.8. The Kier molecular flexibility index (Phi) is 11.9. The van der Waals surface area contributed by atoms with Gasteiger partial charge in [0, 0.05) is 86.6 Å². The van der Waals surface area contributed by atoms with E-state index in [0.29, 0.717) is 37.4 Å². The average molecular weight is 798 g/mol. The van der Waals surface area contributed by atoms with Gasteiger partial charge in [-0.2, -0.15) is 0 Å². The number of amides is 1. The van der Waals surface area contributed by atoms with Crippen molar-refractivity contribution in [3.8, 4) is 11.1 Å². The third kappa shape index (κ3) is 8.13. The summed E-state index contributed by atoms with van der Waals surface area (Å²) in [6.45, 7) is 14.7. The number of carbonyl (C=O) groups is 2. The molecule has 5 atom stereocenters. The fourth-order valence-corrected chi connectivity index (χ4v) is 9.72. The van der Waals surface area contributed by atoms with Gasteiger partial charge in [-0.1, -0.05) is 32.0 Å². The van der Waals surface area contributed by atoms with Crippen molar-refractivity contribution in [2.45, 2.75) is 103 Å². The first-order valence-electron chi connectivity index (χ1n) is 21.2. The molecule has 1 aromatic heterocycles. The molecule has 0 radical (unpaired) electrons. The molecule has 13 heteroatoms. The number of alkyl halides is 1. The Hall–Kier alpha value is -3.98. The molecule has 5 aliphatic rings. The molecule has 0 spiro atoms. The highest BCUT2D eigenvalue weighted by atomic mass is 19.1. The standard InChI is InChI=1S/C45H60FN7O5/c1-6-52-40-10-9-31-20-35(40)37(42(52)36-21-33(24-48-41(36)28(2)56-5)51-13-12-50-14-15-57-26-34(50)25-51)22-45(3,4)27-58-44(55)39-8-7-11-53(49-39)43(54)38(47)19-29-16-30(23-46)18-32(31)17-29/h9-10,16-18,20,24,28,33-34,38-39,49H,6-8,11-15,19,21-23,25-27,47H2,1-5H3/t28-,33?,34-,38-,39-/m0/s1. The number of halogens is 1. The minimum Gasteiger partial charge on any atom is -0.464 e. The van der Waals surface area contributed by atoms with E-state index in [1.807, 2.05) is 12.1 Å². The number of hydrogen-bond acceptors (Lipinski definition) is 10. The van der Waals surface area contributed by atoms with Crippen molar-refractivity contribution in [1.29, 1.82) is 0 Å². The number of aliphatic imine (C=N–C) groups is 1. The number of carbonyl (C=O) groups excluding carboxylic acids is 2. The Morgan fingerprint density at radius 1 is 1.07 bits per heavy atom. The van der Waals surface area contributed by atoms with E-state index in [-0.39, 0.29) is 37.0 Å². The zero-order chi connectivity index (χ0) is 40.7. The lowest BCUT2D eigenvalue weighted by Crippen LogP contribution is -2.60. The Morgan fingerprint density at radius 2 is 1.90 bits per heavy atom. The summed E-state index contributed by atoms with van der Waals surface area (Å²) >= 11 is 0. The molecular weight excluding hydrogens is 738 g/mol. The summed E-state index contributed by atoms with van der Waals surface area (Å²) in [5.41, 5.74) is 17.8. The predicted molar refractivity (Wildman–Crippen MR) is 224 cm³/mol. The van der Waals surface area contributed by atoms with Crippen LogP contribution in [0.25, 0.3) is 27.6 Å². The number of esters is 1. The molecule has 312 valence electrons. The number of ether oxygens (including phenoxy) is 3. The lowest BCUT2D eigenvalue weighted by Gasteiger charge is -2.46. The van der Waals surface area contributed by atoms with E-state index in [2.05, 4.69) is 71.9 Å². The molecule has 6 bridgehead atoms. The van der Waals surface area contributed by atoms with Crippen LogP contribution in [-0.2, 0) is 49.9 Å². The molecule has 1 unspecified atom stereocenters. The highest BCUT2D eigenvalue weighted by molar-refractivity contribution is 5.95. The number of aromatic nitrogens is 1. The summed E-state index contributed by atoms with van der Waals surface area (Å²) in [5.74, 6) is -0.687. The molecule has 0 saturated carbocycles. The molecule has 3 aromatic rings. The first kappa shape index (κ1) is 40.8. The normalized spacial score (nSPS) is 26.7. The second-order valence-electron chi connectivity index (χ2n) is 17.6. The first-order chi connectivity index (χ1) is 28.0. The van der Waals surface area contributed by atoms with Gasteiger partial charge in [-0.3, -0.25) is 29.4 Å². The van der Waals surface area contributed by atoms with Gasteiger partial charge in [0.1, 0.15) is 12.7 Å². The van der Waals surface area contributed by atoms with Crippen molar-refractivity contribution in [2.24, 2.45) is 16.1 Å². The lowest BCUT2D eigenvalue weighted by atomic mass is 9.83. The van der Waals surface area contributed by atoms with Crippen molar-refractivity contribution in [2.75, 3.05) is 59.7 Å². The fraction of sp³-hybridized carbons (Fsp3) is 0.578. The van der Waals surface area contributed by atoms with Gasteiger partial charge < -0.3 is 24.5 Å². The van der Waals surface area contributed by atoms with Crippen molar-refractivity contribution in [3.05, 3.63) is 64.5 Å². The van der Waals surface area contributed by atoms with Crippen molar-refractivity contribution < 1.29 is 28.2 Å². The third-order valence-electron chi connectivity index (χ3n) is 12.9. The largest absolute Gasteiger partial charge is 0.464 e. The number of piperazine rings is 1. The van der Waals surface area contributed by atoms with Crippen LogP contribution < -0.4 is 11.2 Å². The van der Waals surface area contributed by atoms with Crippen LogP contribution in [0.2, 0.25) is 0 Å². The van der Waals surface area contributed by atoms with Gasteiger partial charge in [0.05, 0.1) is 43.4 Å². The van der Waals surface area contributed by atoms with Gasteiger partial charge in [0.25, 0.3) is 5.91 Å². The molecular formula is C45H60FN7O5. The van der Waals surface area contributed by atoms with Crippen LogP contribution in [0.1, 0.15) is 69.3 Å². The number of nitrogens with one attached hydrogen (secondary N) is 1. The maximum Gasteiger partial charge on any atom is 0.324 e. The van der Waals surface area contributed by atoms with Crippen molar-refractivity contribution in [3.63, 3.8) is 0 Å². The SMILES string of the molecule is CCn1c(C2=C([C@H](C)OC)N=CC(N3CCN4CCOC[C@@H]4C3)C2)c2c3cc(ccc31)-c1cc(CF)cc(c1)C[C@H](N)C(=O)N1CCC[C@H](N1)C(=O)OCC(C)(C)C2. The van der Waals surface area contributed by atoms with Crippen molar-refractivity contribution in [1.82, 2.24) is 24.8 Å². The van der Waals surface area contributed by atoms with Crippen LogP contribution in [0.5, 0.6) is 0 Å². The molecule has 1 amide bonds. The summed E-state index contributed by atoms with van der Waals surface area (Å²) in [6.07, 6.45) is 4.69. The molecule has 8 rings (SSSR count). The summed E-state index contributed by atoms with van der Waals surface area (Å²) in [6, 6.07) is 11.2. The van der Waals surface area contributed by atoms with Crippen LogP contribution in [0.4, 0.5) is 4.39 Å². The number of benzene rings is 2.